The first-order chi connectivity index (χ1) is 9.31. The van der Waals surface area contributed by atoms with E-state index >= 15 is 0 Å². The maximum Gasteiger partial charge on any atom is 0.132 e. The summed E-state index contributed by atoms with van der Waals surface area (Å²) in [6, 6.07) is 0. The molecule has 0 aliphatic carbocycles. The molecular weight excluding hydrogens is 236 g/mol. The lowest BCUT2D eigenvalue weighted by atomic mass is 10.0. The van der Waals surface area contributed by atoms with Crippen LogP contribution in [0.3, 0.4) is 0 Å². The molecule has 0 radical (unpaired) electrons. The van der Waals surface area contributed by atoms with Crippen molar-refractivity contribution in [2.45, 2.75) is 96.8 Å². The predicted octanol–water partition coefficient (Wildman–Crippen LogP) is 5.24. The van der Waals surface area contributed by atoms with Crippen molar-refractivity contribution in [3.63, 3.8) is 0 Å². The average Bonchev–Trinajstić information content (AvgIpc) is 2.42. The fraction of sp³-hybridized carbons (Fsp3) is 0.882. The summed E-state index contributed by atoms with van der Waals surface area (Å²) >= 11 is 0. The number of unbranched alkanes of at least 4 members (excludes halogenated alkanes) is 10. The summed E-state index contributed by atoms with van der Waals surface area (Å²) in [6.45, 7) is 2.13. The fourth-order valence-electron chi connectivity index (χ4n) is 2.29. The smallest absolute Gasteiger partial charge is 0.132 e. The van der Waals surface area contributed by atoms with Gasteiger partial charge in [-0.05, 0) is 19.3 Å². The highest BCUT2D eigenvalue weighted by Crippen LogP contribution is 2.12. The van der Waals surface area contributed by atoms with E-state index in [1.165, 1.54) is 44.9 Å². The Hall–Kier alpha value is -0.660. The second-order valence-electron chi connectivity index (χ2n) is 5.53. The van der Waals surface area contributed by atoms with Gasteiger partial charge in [-0.3, -0.25) is 4.79 Å². The number of aldehydes is 1. The van der Waals surface area contributed by atoms with Crippen molar-refractivity contribution in [1.29, 1.82) is 0 Å². The van der Waals surface area contributed by atoms with Gasteiger partial charge in [-0.2, -0.15) is 0 Å². The van der Waals surface area contributed by atoms with Crippen LogP contribution < -0.4 is 0 Å². The average molecular weight is 268 g/mol. The van der Waals surface area contributed by atoms with Gasteiger partial charge in [0.05, 0.1) is 0 Å². The highest BCUT2D eigenvalue weighted by molar-refractivity contribution is 5.78. The summed E-state index contributed by atoms with van der Waals surface area (Å²) in [5.74, 6) is 0.456. The highest BCUT2D eigenvalue weighted by atomic mass is 16.1. The second kappa shape index (κ2) is 15.4. The Morgan fingerprint density at radius 3 is 1.74 bits per heavy atom. The van der Waals surface area contributed by atoms with Gasteiger partial charge in [-0.1, -0.05) is 58.3 Å². The quantitative estimate of drug-likeness (QED) is 0.301. The molecule has 2 nitrogen and oxygen atoms in total. The van der Waals surface area contributed by atoms with Crippen molar-refractivity contribution in [3.05, 3.63) is 0 Å². The van der Waals surface area contributed by atoms with E-state index in [0.717, 1.165) is 51.2 Å². The van der Waals surface area contributed by atoms with Crippen molar-refractivity contribution in [1.82, 2.24) is 0 Å². The zero-order valence-corrected chi connectivity index (χ0v) is 12.8. The molecule has 0 spiro atoms. The first-order valence-electron chi connectivity index (χ1n) is 8.26. The van der Waals surface area contributed by atoms with Crippen LogP contribution in [-0.4, -0.2) is 12.1 Å². The number of Topliss-reactive ketones (excluding diaryl/α,β-unsaturated/α-hetero) is 1. The van der Waals surface area contributed by atoms with Crippen molar-refractivity contribution in [2.75, 3.05) is 0 Å². The summed E-state index contributed by atoms with van der Waals surface area (Å²) in [7, 11) is 0. The molecule has 0 unspecified atom stereocenters. The van der Waals surface area contributed by atoms with Gasteiger partial charge < -0.3 is 4.79 Å². The van der Waals surface area contributed by atoms with Crippen LogP contribution in [0.2, 0.25) is 0 Å². The zero-order valence-electron chi connectivity index (χ0n) is 12.8. The normalized spacial score (nSPS) is 10.6. The Labute approximate surface area is 119 Å². The molecular formula is C17H32O2. The van der Waals surface area contributed by atoms with Crippen LogP contribution >= 0.6 is 0 Å². The molecule has 2 heteroatoms. The van der Waals surface area contributed by atoms with Crippen LogP contribution in [0.1, 0.15) is 96.8 Å². The van der Waals surface area contributed by atoms with Crippen LogP contribution in [0.5, 0.6) is 0 Å². The standard InChI is InChI=1S/C17H32O2/c1-2-3-14-17(19)15-12-10-8-6-4-5-7-9-11-13-16-18/h16H,2-15H2,1H3. The Kier molecular flexibility index (Phi) is 14.9. The zero-order chi connectivity index (χ0) is 14.2. The van der Waals surface area contributed by atoms with Gasteiger partial charge in [0.25, 0.3) is 0 Å². The molecule has 0 aromatic heterocycles. The molecule has 0 aliphatic rings. The van der Waals surface area contributed by atoms with Crippen molar-refractivity contribution < 1.29 is 9.59 Å². The minimum atomic E-state index is 0.456. The lowest BCUT2D eigenvalue weighted by Gasteiger charge is -2.02. The number of ketones is 1. The van der Waals surface area contributed by atoms with Crippen LogP contribution in [0.15, 0.2) is 0 Å². The van der Waals surface area contributed by atoms with Crippen molar-refractivity contribution in [3.8, 4) is 0 Å². The Morgan fingerprint density at radius 2 is 1.21 bits per heavy atom. The third-order valence-corrected chi connectivity index (χ3v) is 3.59. The summed E-state index contributed by atoms with van der Waals surface area (Å²) < 4.78 is 0. The van der Waals surface area contributed by atoms with Gasteiger partial charge in [-0.25, -0.2) is 0 Å². The predicted molar refractivity (Wildman–Crippen MR) is 81.4 cm³/mol. The molecule has 0 atom stereocenters. The molecule has 0 bridgehead atoms. The summed E-state index contributed by atoms with van der Waals surface area (Å²) in [6.07, 6.45) is 16.5. The number of carbonyl (C=O) groups excluding carboxylic acids is 2. The largest absolute Gasteiger partial charge is 0.303 e. The molecule has 0 aromatic rings. The maximum atomic E-state index is 11.4. The van der Waals surface area contributed by atoms with E-state index in [9.17, 15) is 9.59 Å². The lowest BCUT2D eigenvalue weighted by molar-refractivity contribution is -0.119. The van der Waals surface area contributed by atoms with Gasteiger partial charge in [-0.15, -0.1) is 0 Å². The van der Waals surface area contributed by atoms with E-state index in [-0.39, 0.29) is 0 Å². The third-order valence-electron chi connectivity index (χ3n) is 3.59. The Balaban J connectivity index is 3.06. The van der Waals surface area contributed by atoms with E-state index in [1.54, 1.807) is 0 Å². The highest BCUT2D eigenvalue weighted by Gasteiger charge is 2.00. The minimum absolute atomic E-state index is 0.456. The molecule has 0 aromatic carbocycles. The van der Waals surface area contributed by atoms with Crippen LogP contribution in [0.4, 0.5) is 0 Å². The van der Waals surface area contributed by atoms with Crippen LogP contribution in [-0.2, 0) is 9.59 Å². The monoisotopic (exact) mass is 268 g/mol. The van der Waals surface area contributed by atoms with Crippen LogP contribution in [0, 0.1) is 0 Å². The van der Waals surface area contributed by atoms with Crippen LogP contribution in [0.25, 0.3) is 0 Å². The molecule has 0 N–H and O–H groups in total. The molecule has 112 valence electrons. The molecule has 0 aliphatic heterocycles. The Bertz CT molecular complexity index is 211. The first-order valence-corrected chi connectivity index (χ1v) is 8.26. The molecule has 0 heterocycles. The summed E-state index contributed by atoms with van der Waals surface area (Å²) in [4.78, 5) is 21.6. The van der Waals surface area contributed by atoms with Crippen molar-refractivity contribution in [2.24, 2.45) is 0 Å². The Morgan fingerprint density at radius 1 is 0.737 bits per heavy atom. The molecule has 0 amide bonds. The summed E-state index contributed by atoms with van der Waals surface area (Å²) in [5.41, 5.74) is 0. The van der Waals surface area contributed by atoms with Crippen molar-refractivity contribution >= 4 is 12.1 Å². The SMILES string of the molecule is CCCCC(=O)CCCCCCCCCCCC=O. The summed E-state index contributed by atoms with van der Waals surface area (Å²) in [5, 5.41) is 0. The number of hydrogen-bond acceptors (Lipinski definition) is 2. The molecule has 0 fully saturated rings. The third kappa shape index (κ3) is 15.3. The topological polar surface area (TPSA) is 34.1 Å². The van der Waals surface area contributed by atoms with E-state index < -0.39 is 0 Å². The number of carbonyl (C=O) groups is 2. The molecule has 0 saturated carbocycles. The maximum absolute atomic E-state index is 11.4. The van der Waals surface area contributed by atoms with Gasteiger partial charge in [0.2, 0.25) is 0 Å². The first kappa shape index (κ1) is 18.3. The number of hydrogen-bond donors (Lipinski definition) is 0. The van der Waals surface area contributed by atoms with E-state index in [4.69, 9.17) is 0 Å². The fourth-order valence-corrected chi connectivity index (χ4v) is 2.29. The minimum Gasteiger partial charge on any atom is -0.303 e. The molecule has 0 rings (SSSR count). The van der Waals surface area contributed by atoms with Gasteiger partial charge in [0.15, 0.2) is 0 Å². The van der Waals surface area contributed by atoms with Gasteiger partial charge >= 0.3 is 0 Å². The van der Waals surface area contributed by atoms with Gasteiger partial charge in [0, 0.05) is 19.3 Å². The van der Waals surface area contributed by atoms with E-state index in [1.807, 2.05) is 0 Å². The molecule has 19 heavy (non-hydrogen) atoms. The molecule has 0 saturated heterocycles. The van der Waals surface area contributed by atoms with E-state index in [2.05, 4.69) is 6.92 Å². The second-order valence-corrected chi connectivity index (χ2v) is 5.53. The number of rotatable bonds is 15. The van der Waals surface area contributed by atoms with E-state index in [0.29, 0.717) is 5.78 Å². The van der Waals surface area contributed by atoms with Gasteiger partial charge in [0.1, 0.15) is 12.1 Å². The lowest BCUT2D eigenvalue weighted by Crippen LogP contribution is -1.96.